The average Bonchev–Trinajstić information content (AvgIpc) is 2.67. The first-order valence-corrected chi connectivity index (χ1v) is 5.23. The molecule has 2 N–H and O–H groups in total. The van der Waals surface area contributed by atoms with Crippen LogP contribution >= 0.6 is 12.4 Å². The van der Waals surface area contributed by atoms with Gasteiger partial charge in [-0.15, -0.1) is 12.4 Å². The first kappa shape index (κ1) is 12.4. The summed E-state index contributed by atoms with van der Waals surface area (Å²) in [5.74, 6) is 0. The maximum atomic E-state index is 5.72. The van der Waals surface area contributed by atoms with E-state index in [1.165, 1.54) is 24.9 Å². The number of likely N-dealkylation sites (tertiary alicyclic amines) is 1. The summed E-state index contributed by atoms with van der Waals surface area (Å²) in [6.45, 7) is 2.99. The maximum absolute atomic E-state index is 5.72. The molecule has 4 heteroatoms. The lowest BCUT2D eigenvalue weighted by Crippen LogP contribution is -2.34. The molecule has 0 aromatic carbocycles. The molecule has 1 unspecified atom stereocenters. The van der Waals surface area contributed by atoms with Crippen LogP contribution in [0.5, 0.6) is 0 Å². The molecule has 15 heavy (non-hydrogen) atoms. The maximum Gasteiger partial charge on any atom is 0.0271 e. The third-order valence-electron chi connectivity index (χ3n) is 2.91. The van der Waals surface area contributed by atoms with Crippen molar-refractivity contribution in [1.82, 2.24) is 9.88 Å². The molecule has 1 fully saturated rings. The van der Waals surface area contributed by atoms with Gasteiger partial charge in [-0.3, -0.25) is 9.88 Å². The average molecular weight is 228 g/mol. The number of hydrogen-bond donors (Lipinski definition) is 1. The van der Waals surface area contributed by atoms with Crippen molar-refractivity contribution in [3.63, 3.8) is 0 Å². The smallest absolute Gasteiger partial charge is 0.0271 e. The van der Waals surface area contributed by atoms with Crippen molar-refractivity contribution in [2.45, 2.75) is 25.4 Å². The van der Waals surface area contributed by atoms with E-state index < -0.39 is 0 Å². The lowest BCUT2D eigenvalue weighted by molar-refractivity contribution is 0.250. The number of nitrogens with zero attached hydrogens (tertiary/aromatic N) is 2. The predicted molar refractivity (Wildman–Crippen MR) is 64.0 cm³/mol. The zero-order chi connectivity index (χ0) is 9.80. The highest BCUT2D eigenvalue weighted by Crippen LogP contribution is 2.18. The molecule has 0 aliphatic carbocycles. The normalized spacial score (nSPS) is 21.3. The summed E-state index contributed by atoms with van der Waals surface area (Å²) in [4.78, 5) is 6.48. The van der Waals surface area contributed by atoms with E-state index in [4.69, 9.17) is 5.73 Å². The summed E-state index contributed by atoms with van der Waals surface area (Å²) in [6.07, 6.45) is 6.24. The number of rotatable bonds is 3. The number of hydrogen-bond acceptors (Lipinski definition) is 3. The summed E-state index contributed by atoms with van der Waals surface area (Å²) < 4.78 is 0. The highest BCUT2D eigenvalue weighted by atomic mass is 35.5. The number of halogens is 1. The van der Waals surface area contributed by atoms with Crippen LogP contribution < -0.4 is 5.73 Å². The Labute approximate surface area is 97.1 Å². The van der Waals surface area contributed by atoms with E-state index in [1.54, 1.807) is 0 Å². The molecule has 1 aromatic heterocycles. The first-order valence-electron chi connectivity index (χ1n) is 5.23. The number of pyridine rings is 1. The quantitative estimate of drug-likeness (QED) is 0.850. The van der Waals surface area contributed by atoms with Crippen LogP contribution in [0.15, 0.2) is 24.5 Å². The Morgan fingerprint density at radius 2 is 2.13 bits per heavy atom. The molecule has 2 heterocycles. The summed E-state index contributed by atoms with van der Waals surface area (Å²) >= 11 is 0. The number of aromatic nitrogens is 1. The van der Waals surface area contributed by atoms with Crippen LogP contribution in [0.3, 0.4) is 0 Å². The number of nitrogens with two attached hydrogens (primary N) is 1. The minimum absolute atomic E-state index is 0. The largest absolute Gasteiger partial charge is 0.329 e. The molecular weight excluding hydrogens is 210 g/mol. The lowest BCUT2D eigenvalue weighted by Gasteiger charge is -2.22. The minimum atomic E-state index is 0. The molecule has 1 aliphatic heterocycles. The Morgan fingerprint density at radius 3 is 2.80 bits per heavy atom. The lowest BCUT2D eigenvalue weighted by atomic mass is 10.2. The molecule has 1 aromatic rings. The van der Waals surface area contributed by atoms with Crippen LogP contribution in [0.25, 0.3) is 0 Å². The molecule has 84 valence electrons. The zero-order valence-electron chi connectivity index (χ0n) is 8.80. The molecule has 1 atom stereocenters. The van der Waals surface area contributed by atoms with Gasteiger partial charge in [0.2, 0.25) is 0 Å². The van der Waals surface area contributed by atoms with Gasteiger partial charge in [-0.25, -0.2) is 0 Å². The Hall–Kier alpha value is -0.640. The van der Waals surface area contributed by atoms with Gasteiger partial charge >= 0.3 is 0 Å². The van der Waals surface area contributed by atoms with Crippen molar-refractivity contribution in [3.05, 3.63) is 30.1 Å². The van der Waals surface area contributed by atoms with Crippen LogP contribution in [-0.4, -0.2) is 29.0 Å². The van der Waals surface area contributed by atoms with E-state index in [1.807, 2.05) is 12.4 Å². The fraction of sp³-hybridized carbons (Fsp3) is 0.545. The van der Waals surface area contributed by atoms with E-state index in [0.29, 0.717) is 6.04 Å². The second kappa shape index (κ2) is 6.05. The summed E-state index contributed by atoms with van der Waals surface area (Å²) in [7, 11) is 0. The van der Waals surface area contributed by atoms with Gasteiger partial charge in [-0.2, -0.15) is 0 Å². The van der Waals surface area contributed by atoms with Gasteiger partial charge in [-0.1, -0.05) is 0 Å². The van der Waals surface area contributed by atoms with Gasteiger partial charge < -0.3 is 5.73 Å². The topological polar surface area (TPSA) is 42.1 Å². The first-order chi connectivity index (χ1) is 6.90. The van der Waals surface area contributed by atoms with E-state index in [0.717, 1.165) is 13.1 Å². The summed E-state index contributed by atoms with van der Waals surface area (Å²) in [5, 5.41) is 0. The molecule has 0 amide bonds. The van der Waals surface area contributed by atoms with Gasteiger partial charge in [0.1, 0.15) is 0 Å². The van der Waals surface area contributed by atoms with Gasteiger partial charge in [0, 0.05) is 31.5 Å². The van der Waals surface area contributed by atoms with Gasteiger partial charge in [0.05, 0.1) is 0 Å². The van der Waals surface area contributed by atoms with Gasteiger partial charge in [0.25, 0.3) is 0 Å². The second-order valence-corrected chi connectivity index (χ2v) is 3.86. The predicted octanol–water partition coefficient (Wildman–Crippen LogP) is 1.43. The Kier molecular flexibility index (Phi) is 5.02. The summed E-state index contributed by atoms with van der Waals surface area (Å²) in [5.41, 5.74) is 7.06. The van der Waals surface area contributed by atoms with E-state index in [-0.39, 0.29) is 12.4 Å². The van der Waals surface area contributed by atoms with E-state index in [2.05, 4.69) is 22.0 Å². The van der Waals surface area contributed by atoms with Crippen LogP contribution in [-0.2, 0) is 6.54 Å². The SMILES string of the molecule is Cl.NCC1CCCN1Cc1ccncc1. The van der Waals surface area contributed by atoms with E-state index in [9.17, 15) is 0 Å². The molecule has 0 radical (unpaired) electrons. The van der Waals surface area contributed by atoms with Crippen LogP contribution in [0.4, 0.5) is 0 Å². The van der Waals surface area contributed by atoms with Gasteiger partial charge in [0.15, 0.2) is 0 Å². The molecule has 0 saturated carbocycles. The minimum Gasteiger partial charge on any atom is -0.329 e. The molecule has 3 nitrogen and oxygen atoms in total. The third-order valence-corrected chi connectivity index (χ3v) is 2.91. The fourth-order valence-electron chi connectivity index (χ4n) is 2.09. The highest BCUT2D eigenvalue weighted by molar-refractivity contribution is 5.85. The van der Waals surface area contributed by atoms with Crippen molar-refractivity contribution in [1.29, 1.82) is 0 Å². The molecule has 1 aliphatic rings. The second-order valence-electron chi connectivity index (χ2n) is 3.86. The highest BCUT2D eigenvalue weighted by Gasteiger charge is 2.22. The molecule has 0 bridgehead atoms. The van der Waals surface area contributed by atoms with Crippen molar-refractivity contribution in [2.24, 2.45) is 5.73 Å². The van der Waals surface area contributed by atoms with Crippen LogP contribution in [0.1, 0.15) is 18.4 Å². The molecule has 1 saturated heterocycles. The fourth-order valence-corrected chi connectivity index (χ4v) is 2.09. The molecule has 2 rings (SSSR count). The Morgan fingerprint density at radius 1 is 1.40 bits per heavy atom. The molecule has 0 spiro atoms. The van der Waals surface area contributed by atoms with Crippen molar-refractivity contribution in [3.8, 4) is 0 Å². The summed E-state index contributed by atoms with van der Waals surface area (Å²) in [6, 6.07) is 4.74. The van der Waals surface area contributed by atoms with Crippen molar-refractivity contribution in [2.75, 3.05) is 13.1 Å². The standard InChI is InChI=1S/C11H17N3.ClH/c12-8-11-2-1-7-14(11)9-10-3-5-13-6-4-10;/h3-6,11H,1-2,7-9,12H2;1H. The van der Waals surface area contributed by atoms with Gasteiger partial charge in [-0.05, 0) is 37.1 Å². The van der Waals surface area contributed by atoms with Crippen molar-refractivity contribution < 1.29 is 0 Å². The Bertz CT molecular complexity index is 278. The van der Waals surface area contributed by atoms with Crippen molar-refractivity contribution >= 4 is 12.4 Å². The zero-order valence-corrected chi connectivity index (χ0v) is 9.62. The monoisotopic (exact) mass is 227 g/mol. The van der Waals surface area contributed by atoms with E-state index >= 15 is 0 Å². The third kappa shape index (κ3) is 3.16. The van der Waals surface area contributed by atoms with Crippen LogP contribution in [0.2, 0.25) is 0 Å². The Balaban J connectivity index is 0.00000112. The molecular formula is C11H18ClN3. The van der Waals surface area contributed by atoms with Crippen LogP contribution in [0, 0.1) is 0 Å².